The maximum absolute atomic E-state index is 12.5. The van der Waals surface area contributed by atoms with Gasteiger partial charge in [-0.15, -0.1) is 0 Å². The number of benzene rings is 1. The Morgan fingerprint density at radius 2 is 2.24 bits per heavy atom. The number of unbranched alkanes of at least 4 members (excludes halogenated alkanes) is 1. The maximum Gasteiger partial charge on any atom is 0.257 e. The Bertz CT molecular complexity index is 455. The fourth-order valence-electron chi connectivity index (χ4n) is 2.43. The summed E-state index contributed by atoms with van der Waals surface area (Å²) in [5, 5.41) is 0. The summed E-state index contributed by atoms with van der Waals surface area (Å²) in [7, 11) is 1.84. The minimum absolute atomic E-state index is 0.0198. The van der Waals surface area contributed by atoms with E-state index in [9.17, 15) is 4.79 Å². The van der Waals surface area contributed by atoms with Crippen LogP contribution in [0, 0.1) is 0 Å². The molecule has 0 aliphatic carbocycles. The molecule has 4 nitrogen and oxygen atoms in total. The van der Waals surface area contributed by atoms with Crippen LogP contribution in [0.25, 0.3) is 0 Å². The minimum Gasteiger partial charge on any atom is -0.490 e. The van der Waals surface area contributed by atoms with Crippen molar-refractivity contribution in [2.24, 2.45) is 0 Å². The largest absolute Gasteiger partial charge is 0.490 e. The molecule has 1 aromatic rings. The van der Waals surface area contributed by atoms with Crippen LogP contribution in [-0.2, 0) is 4.74 Å². The van der Waals surface area contributed by atoms with Gasteiger partial charge in [0.25, 0.3) is 5.91 Å². The highest BCUT2D eigenvalue weighted by atomic mass is 16.5. The molecule has 4 heteroatoms. The highest BCUT2D eigenvalue weighted by Gasteiger charge is 2.19. The van der Waals surface area contributed by atoms with Crippen LogP contribution in [0.4, 0.5) is 0 Å². The summed E-state index contributed by atoms with van der Waals surface area (Å²) in [5.41, 5.74) is 0.633. The Labute approximate surface area is 127 Å². The molecule has 2 rings (SSSR count). The van der Waals surface area contributed by atoms with Gasteiger partial charge in [0.2, 0.25) is 0 Å². The lowest BCUT2D eigenvalue weighted by Gasteiger charge is -2.19. The Balaban J connectivity index is 1.99. The van der Waals surface area contributed by atoms with Gasteiger partial charge in [0.05, 0.1) is 11.7 Å². The average molecular weight is 291 g/mol. The highest BCUT2D eigenvalue weighted by Crippen LogP contribution is 2.21. The monoisotopic (exact) mass is 291 g/mol. The summed E-state index contributed by atoms with van der Waals surface area (Å²) in [6, 6.07) is 7.46. The summed E-state index contributed by atoms with van der Waals surface area (Å²) < 4.78 is 11.4. The van der Waals surface area contributed by atoms with Gasteiger partial charge in [-0.2, -0.15) is 0 Å². The molecule has 1 unspecified atom stereocenters. The zero-order valence-electron chi connectivity index (χ0n) is 13.0. The number of para-hydroxylation sites is 1. The molecule has 0 bridgehead atoms. The van der Waals surface area contributed by atoms with Crippen molar-refractivity contribution >= 4 is 5.91 Å². The number of nitrogens with zero attached hydrogens (tertiary/aromatic N) is 1. The molecule has 1 saturated heterocycles. The first-order chi connectivity index (χ1) is 10.2. The van der Waals surface area contributed by atoms with E-state index in [1.54, 1.807) is 4.90 Å². The van der Waals surface area contributed by atoms with Gasteiger partial charge in [-0.3, -0.25) is 4.79 Å². The van der Waals surface area contributed by atoms with E-state index in [0.29, 0.717) is 17.9 Å². The number of amides is 1. The summed E-state index contributed by atoms with van der Waals surface area (Å²) >= 11 is 0. The van der Waals surface area contributed by atoms with Gasteiger partial charge in [0, 0.05) is 20.2 Å². The molecule has 0 N–H and O–H groups in total. The second kappa shape index (κ2) is 8.03. The normalized spacial score (nSPS) is 17.7. The number of hydrogen-bond acceptors (Lipinski definition) is 3. The van der Waals surface area contributed by atoms with E-state index in [1.807, 2.05) is 31.3 Å². The zero-order valence-corrected chi connectivity index (χ0v) is 13.0. The molecule has 1 aliphatic heterocycles. The standard InChI is InChI=1S/C17H25NO3/c1-3-4-11-18(2)17(19)15-9-5-6-10-16(15)21-13-14-8-7-12-20-14/h5-6,9-10,14H,3-4,7-8,11-13H2,1-2H3. The van der Waals surface area contributed by atoms with Gasteiger partial charge in [0.1, 0.15) is 12.4 Å². The first-order valence-electron chi connectivity index (χ1n) is 7.81. The molecule has 1 amide bonds. The van der Waals surface area contributed by atoms with E-state index >= 15 is 0 Å². The van der Waals surface area contributed by atoms with Crippen LogP contribution in [0.2, 0.25) is 0 Å². The molecule has 1 atom stereocenters. The topological polar surface area (TPSA) is 38.8 Å². The van der Waals surface area contributed by atoms with Crippen LogP contribution >= 0.6 is 0 Å². The third-order valence-electron chi connectivity index (χ3n) is 3.76. The Morgan fingerprint density at radius 1 is 1.43 bits per heavy atom. The van der Waals surface area contributed by atoms with E-state index in [-0.39, 0.29) is 12.0 Å². The van der Waals surface area contributed by atoms with Gasteiger partial charge in [0.15, 0.2) is 0 Å². The van der Waals surface area contributed by atoms with Crippen molar-refractivity contribution in [1.29, 1.82) is 0 Å². The quantitative estimate of drug-likeness (QED) is 0.775. The molecule has 1 aliphatic rings. The van der Waals surface area contributed by atoms with Crippen molar-refractivity contribution in [3.05, 3.63) is 29.8 Å². The van der Waals surface area contributed by atoms with Gasteiger partial charge in [-0.1, -0.05) is 25.5 Å². The summed E-state index contributed by atoms with van der Waals surface area (Å²) in [6.07, 6.45) is 4.38. The van der Waals surface area contributed by atoms with Crippen LogP contribution < -0.4 is 4.74 Å². The fourth-order valence-corrected chi connectivity index (χ4v) is 2.43. The molecule has 0 radical (unpaired) electrons. The van der Waals surface area contributed by atoms with Crippen LogP contribution in [0.15, 0.2) is 24.3 Å². The number of hydrogen-bond donors (Lipinski definition) is 0. The molecule has 0 aromatic heterocycles. The average Bonchev–Trinajstić information content (AvgIpc) is 3.03. The molecule has 116 valence electrons. The van der Waals surface area contributed by atoms with Crippen molar-refractivity contribution in [3.63, 3.8) is 0 Å². The lowest BCUT2D eigenvalue weighted by Crippen LogP contribution is -2.28. The van der Waals surface area contributed by atoms with Crippen LogP contribution in [-0.4, -0.2) is 43.7 Å². The van der Waals surface area contributed by atoms with Crippen molar-refractivity contribution in [1.82, 2.24) is 4.90 Å². The minimum atomic E-state index is 0.0198. The number of carbonyl (C=O) groups is 1. The first kappa shape index (κ1) is 15.8. The zero-order chi connectivity index (χ0) is 15.1. The van der Waals surface area contributed by atoms with Gasteiger partial charge < -0.3 is 14.4 Å². The predicted molar refractivity (Wildman–Crippen MR) is 82.8 cm³/mol. The lowest BCUT2D eigenvalue weighted by molar-refractivity contribution is 0.0658. The maximum atomic E-state index is 12.5. The second-order valence-corrected chi connectivity index (χ2v) is 5.52. The summed E-state index contributed by atoms with van der Waals surface area (Å²) in [5.74, 6) is 0.674. The van der Waals surface area contributed by atoms with E-state index < -0.39 is 0 Å². The number of carbonyl (C=O) groups excluding carboxylic acids is 1. The predicted octanol–water partition coefficient (Wildman–Crippen LogP) is 3.12. The summed E-state index contributed by atoms with van der Waals surface area (Å²) in [6.45, 7) is 4.23. The molecular formula is C17H25NO3. The van der Waals surface area contributed by atoms with E-state index in [4.69, 9.17) is 9.47 Å². The van der Waals surface area contributed by atoms with Crippen molar-refractivity contribution in [3.8, 4) is 5.75 Å². The van der Waals surface area contributed by atoms with Crippen molar-refractivity contribution < 1.29 is 14.3 Å². The van der Waals surface area contributed by atoms with Gasteiger partial charge in [-0.05, 0) is 31.4 Å². The SMILES string of the molecule is CCCCN(C)C(=O)c1ccccc1OCC1CCCO1. The smallest absolute Gasteiger partial charge is 0.257 e. The lowest BCUT2D eigenvalue weighted by atomic mass is 10.1. The highest BCUT2D eigenvalue weighted by molar-refractivity contribution is 5.96. The molecule has 21 heavy (non-hydrogen) atoms. The van der Waals surface area contributed by atoms with Crippen molar-refractivity contribution in [2.45, 2.75) is 38.7 Å². The second-order valence-electron chi connectivity index (χ2n) is 5.52. The Kier molecular flexibility index (Phi) is 6.05. The van der Waals surface area contributed by atoms with Crippen LogP contribution in [0.5, 0.6) is 5.75 Å². The van der Waals surface area contributed by atoms with E-state index in [0.717, 1.165) is 38.8 Å². The van der Waals surface area contributed by atoms with E-state index in [2.05, 4.69) is 6.92 Å². The molecule has 1 aromatic carbocycles. The van der Waals surface area contributed by atoms with Crippen LogP contribution in [0.3, 0.4) is 0 Å². The third-order valence-corrected chi connectivity index (χ3v) is 3.76. The molecule has 0 saturated carbocycles. The molecule has 0 spiro atoms. The van der Waals surface area contributed by atoms with E-state index in [1.165, 1.54) is 0 Å². The number of rotatable bonds is 7. The Hall–Kier alpha value is -1.55. The van der Waals surface area contributed by atoms with Crippen LogP contribution in [0.1, 0.15) is 43.0 Å². The fraction of sp³-hybridized carbons (Fsp3) is 0.588. The number of ether oxygens (including phenoxy) is 2. The van der Waals surface area contributed by atoms with Crippen molar-refractivity contribution in [2.75, 3.05) is 26.8 Å². The molecule has 1 fully saturated rings. The third kappa shape index (κ3) is 4.46. The molecule has 1 heterocycles. The molecular weight excluding hydrogens is 266 g/mol. The van der Waals surface area contributed by atoms with Gasteiger partial charge in [-0.25, -0.2) is 0 Å². The van der Waals surface area contributed by atoms with Gasteiger partial charge >= 0.3 is 0 Å². The first-order valence-corrected chi connectivity index (χ1v) is 7.81. The Morgan fingerprint density at radius 3 is 2.95 bits per heavy atom. The summed E-state index contributed by atoms with van der Waals surface area (Å²) in [4.78, 5) is 14.2.